The predicted octanol–water partition coefficient (Wildman–Crippen LogP) is 2.59. The Balaban J connectivity index is 1.72. The molecule has 0 atom stereocenters. The highest BCUT2D eigenvalue weighted by Crippen LogP contribution is 2.23. The average molecular weight is 390 g/mol. The minimum Gasteiger partial charge on any atom is -0.476 e. The van der Waals surface area contributed by atoms with Crippen LogP contribution in [-0.4, -0.2) is 57.7 Å². The highest BCUT2D eigenvalue weighted by atomic mass is 32.1. The first-order valence-electron chi connectivity index (χ1n) is 9.28. The summed E-state index contributed by atoms with van der Waals surface area (Å²) in [6.07, 6.45) is 2.77. The summed E-state index contributed by atoms with van der Waals surface area (Å²) in [5, 5.41) is 8.45. The molecule has 0 bridgehead atoms. The molecule has 0 saturated carbocycles. The third kappa shape index (κ3) is 5.92. The molecular weight excluding hydrogens is 362 g/mol. The number of hydrazone groups is 1. The normalized spacial score (nSPS) is 14.7. The van der Waals surface area contributed by atoms with E-state index in [2.05, 4.69) is 38.7 Å². The van der Waals surface area contributed by atoms with Crippen molar-refractivity contribution in [1.29, 1.82) is 0 Å². The van der Waals surface area contributed by atoms with E-state index in [4.69, 9.17) is 9.47 Å². The number of nitrogens with one attached hydrogen (secondary N) is 2. The lowest BCUT2D eigenvalue weighted by Crippen LogP contribution is -2.36. The molecule has 146 valence electrons. The molecule has 0 radical (unpaired) electrons. The molecule has 27 heavy (non-hydrogen) atoms. The summed E-state index contributed by atoms with van der Waals surface area (Å²) in [6, 6.07) is 8.18. The number of morpholine rings is 1. The molecule has 1 saturated heterocycles. The van der Waals surface area contributed by atoms with Gasteiger partial charge in [0, 0.05) is 36.3 Å². The number of anilines is 2. The van der Waals surface area contributed by atoms with Gasteiger partial charge in [0.1, 0.15) is 11.6 Å². The third-order valence-electron chi connectivity index (χ3n) is 4.17. The SMILES string of the molecule is CCc1ccc(NN=Cc2cc(N3CCOCC3)cc(OCCNC)n2)s1. The van der Waals surface area contributed by atoms with Gasteiger partial charge < -0.3 is 19.7 Å². The van der Waals surface area contributed by atoms with Crippen LogP contribution in [-0.2, 0) is 11.2 Å². The molecule has 0 spiro atoms. The van der Waals surface area contributed by atoms with Crippen molar-refractivity contribution in [2.75, 3.05) is 56.8 Å². The van der Waals surface area contributed by atoms with Crippen LogP contribution in [0.1, 0.15) is 17.5 Å². The zero-order valence-electron chi connectivity index (χ0n) is 15.9. The number of aryl methyl sites for hydroxylation is 1. The fourth-order valence-electron chi connectivity index (χ4n) is 2.70. The van der Waals surface area contributed by atoms with Gasteiger partial charge in [-0.05, 0) is 31.7 Å². The van der Waals surface area contributed by atoms with Crippen LogP contribution in [0.3, 0.4) is 0 Å². The Bertz CT molecular complexity index is 743. The van der Waals surface area contributed by atoms with Gasteiger partial charge in [-0.25, -0.2) is 4.98 Å². The second-order valence-corrected chi connectivity index (χ2v) is 7.30. The van der Waals surface area contributed by atoms with Crippen LogP contribution in [0.4, 0.5) is 10.7 Å². The molecule has 8 heteroatoms. The van der Waals surface area contributed by atoms with Crippen molar-refractivity contribution < 1.29 is 9.47 Å². The summed E-state index contributed by atoms with van der Waals surface area (Å²) in [7, 11) is 1.90. The molecule has 3 heterocycles. The zero-order valence-corrected chi connectivity index (χ0v) is 16.7. The highest BCUT2D eigenvalue weighted by molar-refractivity contribution is 7.16. The summed E-state index contributed by atoms with van der Waals surface area (Å²) in [5.41, 5.74) is 4.93. The maximum absolute atomic E-state index is 5.79. The molecule has 2 aromatic heterocycles. The summed E-state index contributed by atoms with van der Waals surface area (Å²) in [6.45, 7) is 6.69. The zero-order chi connectivity index (χ0) is 18.9. The lowest BCUT2D eigenvalue weighted by molar-refractivity contribution is 0.122. The average Bonchev–Trinajstić information content (AvgIpc) is 3.17. The van der Waals surface area contributed by atoms with E-state index >= 15 is 0 Å². The van der Waals surface area contributed by atoms with Crippen molar-refractivity contribution in [3.63, 3.8) is 0 Å². The second kappa shape index (κ2) is 10.2. The van der Waals surface area contributed by atoms with Crippen LogP contribution in [0.15, 0.2) is 29.4 Å². The molecule has 1 aliphatic heterocycles. The van der Waals surface area contributed by atoms with Crippen LogP contribution >= 0.6 is 11.3 Å². The maximum Gasteiger partial charge on any atom is 0.215 e. The summed E-state index contributed by atoms with van der Waals surface area (Å²) in [4.78, 5) is 8.18. The first kappa shape index (κ1) is 19.6. The van der Waals surface area contributed by atoms with Crippen molar-refractivity contribution >= 4 is 28.2 Å². The van der Waals surface area contributed by atoms with E-state index in [0.29, 0.717) is 12.5 Å². The van der Waals surface area contributed by atoms with Crippen LogP contribution in [0, 0.1) is 0 Å². The highest BCUT2D eigenvalue weighted by Gasteiger charge is 2.13. The van der Waals surface area contributed by atoms with Gasteiger partial charge in [-0.15, -0.1) is 11.3 Å². The van der Waals surface area contributed by atoms with Gasteiger partial charge in [0.25, 0.3) is 0 Å². The van der Waals surface area contributed by atoms with E-state index < -0.39 is 0 Å². The topological polar surface area (TPSA) is 71.0 Å². The van der Waals surface area contributed by atoms with Crippen molar-refractivity contribution in [3.05, 3.63) is 34.8 Å². The largest absolute Gasteiger partial charge is 0.476 e. The number of rotatable bonds is 9. The first-order valence-corrected chi connectivity index (χ1v) is 10.1. The monoisotopic (exact) mass is 389 g/mol. The standard InChI is InChI=1S/C19H27N5O2S/c1-3-17-4-5-19(27-17)23-21-14-15-12-16(24-7-10-25-11-8-24)13-18(22-15)26-9-6-20-2/h4-5,12-14,20,23H,3,6-11H2,1-2H3. The van der Waals surface area contributed by atoms with Gasteiger partial charge in [0.05, 0.1) is 25.1 Å². The van der Waals surface area contributed by atoms with E-state index in [0.717, 1.165) is 55.7 Å². The van der Waals surface area contributed by atoms with Crippen LogP contribution in [0.25, 0.3) is 0 Å². The lowest BCUT2D eigenvalue weighted by atomic mass is 10.2. The first-order chi connectivity index (χ1) is 13.3. The number of nitrogens with zero attached hydrogens (tertiary/aromatic N) is 3. The van der Waals surface area contributed by atoms with Gasteiger partial charge >= 0.3 is 0 Å². The molecule has 0 aliphatic carbocycles. The quantitative estimate of drug-likeness (QED) is 0.390. The van der Waals surface area contributed by atoms with Crippen molar-refractivity contribution in [2.45, 2.75) is 13.3 Å². The Morgan fingerprint density at radius 2 is 2.19 bits per heavy atom. The number of hydrogen-bond donors (Lipinski definition) is 2. The summed E-state index contributed by atoms with van der Waals surface area (Å²) < 4.78 is 11.2. The molecule has 1 fully saturated rings. The Morgan fingerprint density at radius 3 is 2.93 bits per heavy atom. The van der Waals surface area contributed by atoms with E-state index in [1.165, 1.54) is 4.88 Å². The smallest absolute Gasteiger partial charge is 0.215 e. The van der Waals surface area contributed by atoms with Crippen LogP contribution < -0.4 is 20.4 Å². The second-order valence-electron chi connectivity index (χ2n) is 6.13. The Labute approximate surface area is 164 Å². The van der Waals surface area contributed by atoms with E-state index in [1.54, 1.807) is 17.6 Å². The van der Waals surface area contributed by atoms with E-state index in [-0.39, 0.29) is 0 Å². The van der Waals surface area contributed by atoms with Gasteiger partial charge in [0.15, 0.2) is 0 Å². The number of thiophene rings is 1. The number of ether oxygens (including phenoxy) is 2. The van der Waals surface area contributed by atoms with Crippen LogP contribution in [0.5, 0.6) is 5.88 Å². The fraction of sp³-hybridized carbons (Fsp3) is 0.474. The fourth-order valence-corrected chi connectivity index (χ4v) is 3.50. The number of hydrogen-bond acceptors (Lipinski definition) is 8. The van der Waals surface area contributed by atoms with Gasteiger partial charge in [-0.1, -0.05) is 6.92 Å². The predicted molar refractivity (Wildman–Crippen MR) is 112 cm³/mol. The number of pyridine rings is 1. The Hall–Kier alpha value is -2.16. The molecule has 0 aromatic carbocycles. The van der Waals surface area contributed by atoms with Gasteiger partial charge in [0.2, 0.25) is 5.88 Å². The van der Waals surface area contributed by atoms with Crippen LogP contribution in [0.2, 0.25) is 0 Å². The molecule has 2 aromatic rings. The molecule has 7 nitrogen and oxygen atoms in total. The maximum atomic E-state index is 5.79. The number of aromatic nitrogens is 1. The Morgan fingerprint density at radius 1 is 1.33 bits per heavy atom. The molecule has 3 rings (SSSR count). The van der Waals surface area contributed by atoms with Crippen molar-refractivity contribution in [1.82, 2.24) is 10.3 Å². The third-order valence-corrected chi connectivity index (χ3v) is 5.30. The van der Waals surface area contributed by atoms with Gasteiger partial charge in [-0.3, -0.25) is 5.43 Å². The minimum absolute atomic E-state index is 0.569. The van der Waals surface area contributed by atoms with E-state index in [1.807, 2.05) is 25.2 Å². The van der Waals surface area contributed by atoms with E-state index in [9.17, 15) is 0 Å². The molecule has 1 aliphatic rings. The summed E-state index contributed by atoms with van der Waals surface area (Å²) in [5.74, 6) is 0.611. The van der Waals surface area contributed by atoms with Crippen molar-refractivity contribution in [3.8, 4) is 5.88 Å². The van der Waals surface area contributed by atoms with Gasteiger partial charge in [-0.2, -0.15) is 5.10 Å². The Kier molecular flexibility index (Phi) is 7.44. The molecule has 2 N–H and O–H groups in total. The minimum atomic E-state index is 0.569. The van der Waals surface area contributed by atoms with Crippen molar-refractivity contribution in [2.24, 2.45) is 5.10 Å². The molecule has 0 unspecified atom stereocenters. The molecule has 0 amide bonds. The molecular formula is C19H27N5O2S. The summed E-state index contributed by atoms with van der Waals surface area (Å²) >= 11 is 1.71. The lowest BCUT2D eigenvalue weighted by Gasteiger charge is -2.29. The number of likely N-dealkylation sites (N-methyl/N-ethyl adjacent to an activating group) is 1.